The third kappa shape index (κ3) is 4.16. The fourth-order valence-electron chi connectivity index (χ4n) is 1.30. The van der Waals surface area contributed by atoms with Gasteiger partial charge in [0.25, 0.3) is 0 Å². The highest BCUT2D eigenvalue weighted by Crippen LogP contribution is 2.17. The zero-order valence-corrected chi connectivity index (χ0v) is 9.30. The monoisotopic (exact) mass is 232 g/mol. The van der Waals surface area contributed by atoms with Crippen molar-refractivity contribution in [3.8, 4) is 0 Å². The molecule has 0 fully saturated rings. The van der Waals surface area contributed by atoms with Crippen molar-refractivity contribution < 1.29 is 14.2 Å². The third-order valence-electron chi connectivity index (χ3n) is 2.11. The smallest absolute Gasteiger partial charge is 0.141 e. The molecule has 0 aliphatic carbocycles. The molecule has 0 bridgehead atoms. The lowest BCUT2D eigenvalue weighted by molar-refractivity contribution is 0.0595. The molecule has 0 saturated heterocycles. The summed E-state index contributed by atoms with van der Waals surface area (Å²) in [6, 6.07) is 4.58. The number of hydrogen-bond donors (Lipinski definition) is 1. The van der Waals surface area contributed by atoms with E-state index in [1.165, 1.54) is 13.2 Å². The fraction of sp³-hybridized carbons (Fsp3) is 0.455. The van der Waals surface area contributed by atoms with Gasteiger partial charge < -0.3 is 9.84 Å². The molecule has 0 amide bonds. The predicted molar refractivity (Wildman–Crippen MR) is 57.6 cm³/mol. The SMILES string of the molecule is COCC(O)CCc1ccc(F)c(Cl)c1. The van der Waals surface area contributed by atoms with Gasteiger partial charge >= 0.3 is 0 Å². The lowest BCUT2D eigenvalue weighted by Gasteiger charge is -2.09. The highest BCUT2D eigenvalue weighted by Gasteiger charge is 2.05. The molecule has 1 N–H and O–H groups in total. The summed E-state index contributed by atoms with van der Waals surface area (Å²) in [7, 11) is 1.54. The van der Waals surface area contributed by atoms with E-state index >= 15 is 0 Å². The Labute approximate surface area is 93.6 Å². The molecule has 84 valence electrons. The molecule has 1 rings (SSSR count). The van der Waals surface area contributed by atoms with E-state index in [1.54, 1.807) is 12.1 Å². The molecule has 0 heterocycles. The summed E-state index contributed by atoms with van der Waals surface area (Å²) in [4.78, 5) is 0. The lowest BCUT2D eigenvalue weighted by atomic mass is 10.1. The van der Waals surface area contributed by atoms with E-state index in [0.717, 1.165) is 5.56 Å². The Morgan fingerprint density at radius 2 is 2.27 bits per heavy atom. The average Bonchev–Trinajstić information content (AvgIpc) is 2.20. The summed E-state index contributed by atoms with van der Waals surface area (Å²) in [6.45, 7) is 0.314. The molecule has 0 aliphatic heterocycles. The fourth-order valence-corrected chi connectivity index (χ4v) is 1.51. The first-order chi connectivity index (χ1) is 7.13. The van der Waals surface area contributed by atoms with E-state index in [-0.39, 0.29) is 5.02 Å². The standard InChI is InChI=1S/C11H14ClFO2/c1-15-7-9(14)4-2-8-3-5-11(13)10(12)6-8/h3,5-6,9,14H,2,4,7H2,1H3. The number of ether oxygens (including phenoxy) is 1. The minimum Gasteiger partial charge on any atom is -0.391 e. The summed E-state index contributed by atoms with van der Waals surface area (Å²) in [5.74, 6) is -0.419. The maximum absolute atomic E-state index is 12.8. The summed E-state index contributed by atoms with van der Waals surface area (Å²) in [5.41, 5.74) is 0.913. The Bertz CT molecular complexity index is 317. The molecule has 4 heteroatoms. The van der Waals surface area contributed by atoms with Crippen molar-refractivity contribution in [2.24, 2.45) is 0 Å². The molecule has 0 aliphatic rings. The van der Waals surface area contributed by atoms with Gasteiger partial charge in [-0.1, -0.05) is 17.7 Å². The van der Waals surface area contributed by atoms with Crippen molar-refractivity contribution in [2.45, 2.75) is 18.9 Å². The predicted octanol–water partition coefficient (Wildman–Crippen LogP) is 2.42. The van der Waals surface area contributed by atoms with E-state index in [4.69, 9.17) is 16.3 Å². The van der Waals surface area contributed by atoms with Crippen LogP contribution in [0.2, 0.25) is 5.02 Å². The number of halogens is 2. The molecule has 0 aromatic heterocycles. The number of aliphatic hydroxyl groups is 1. The zero-order valence-electron chi connectivity index (χ0n) is 8.54. The van der Waals surface area contributed by atoms with Crippen molar-refractivity contribution >= 4 is 11.6 Å². The van der Waals surface area contributed by atoms with Crippen LogP contribution >= 0.6 is 11.6 Å². The van der Waals surface area contributed by atoms with Crippen LogP contribution in [-0.2, 0) is 11.2 Å². The van der Waals surface area contributed by atoms with Gasteiger partial charge in [0.1, 0.15) is 5.82 Å². The molecule has 15 heavy (non-hydrogen) atoms. The quantitative estimate of drug-likeness (QED) is 0.845. The number of rotatable bonds is 5. The number of hydrogen-bond acceptors (Lipinski definition) is 2. The Balaban J connectivity index is 2.47. The zero-order chi connectivity index (χ0) is 11.3. The van der Waals surface area contributed by atoms with Crippen molar-refractivity contribution in [1.29, 1.82) is 0 Å². The first kappa shape index (κ1) is 12.4. The van der Waals surface area contributed by atoms with Crippen molar-refractivity contribution in [1.82, 2.24) is 0 Å². The first-order valence-electron chi connectivity index (χ1n) is 4.74. The lowest BCUT2D eigenvalue weighted by Crippen LogP contribution is -2.14. The molecular formula is C11H14ClFO2. The van der Waals surface area contributed by atoms with E-state index < -0.39 is 11.9 Å². The van der Waals surface area contributed by atoms with Gasteiger partial charge in [-0.25, -0.2) is 4.39 Å². The number of aliphatic hydroxyl groups excluding tert-OH is 1. The minimum absolute atomic E-state index is 0.119. The normalized spacial score (nSPS) is 12.8. The van der Waals surface area contributed by atoms with Gasteiger partial charge in [0.05, 0.1) is 17.7 Å². The second-order valence-corrected chi connectivity index (χ2v) is 3.80. The van der Waals surface area contributed by atoms with Gasteiger partial charge in [-0.3, -0.25) is 0 Å². The second kappa shape index (κ2) is 6.05. The first-order valence-corrected chi connectivity index (χ1v) is 5.12. The van der Waals surface area contributed by atoms with Crippen LogP contribution in [0.1, 0.15) is 12.0 Å². The molecule has 2 nitrogen and oxygen atoms in total. The number of aryl methyl sites for hydroxylation is 1. The highest BCUT2D eigenvalue weighted by atomic mass is 35.5. The summed E-state index contributed by atoms with van der Waals surface area (Å²) < 4.78 is 17.6. The van der Waals surface area contributed by atoms with Crippen LogP contribution in [0.4, 0.5) is 4.39 Å². The van der Waals surface area contributed by atoms with Crippen molar-refractivity contribution in [2.75, 3.05) is 13.7 Å². The van der Waals surface area contributed by atoms with Crippen LogP contribution < -0.4 is 0 Å². The van der Waals surface area contributed by atoms with Gasteiger partial charge in [-0.15, -0.1) is 0 Å². The van der Waals surface area contributed by atoms with Crippen molar-refractivity contribution in [3.05, 3.63) is 34.6 Å². The Morgan fingerprint density at radius 3 is 2.87 bits per heavy atom. The third-order valence-corrected chi connectivity index (χ3v) is 2.40. The van der Waals surface area contributed by atoms with E-state index in [2.05, 4.69) is 0 Å². The molecule has 1 unspecified atom stereocenters. The average molecular weight is 233 g/mol. The van der Waals surface area contributed by atoms with E-state index in [0.29, 0.717) is 19.4 Å². The molecule has 1 atom stereocenters. The summed E-state index contributed by atoms with van der Waals surface area (Å²) >= 11 is 5.63. The topological polar surface area (TPSA) is 29.5 Å². The van der Waals surface area contributed by atoms with Crippen LogP contribution in [-0.4, -0.2) is 24.9 Å². The minimum atomic E-state index is -0.487. The Morgan fingerprint density at radius 1 is 1.53 bits per heavy atom. The molecule has 1 aromatic carbocycles. The van der Waals surface area contributed by atoms with Crippen molar-refractivity contribution in [3.63, 3.8) is 0 Å². The van der Waals surface area contributed by atoms with Crippen LogP contribution in [0.15, 0.2) is 18.2 Å². The summed E-state index contributed by atoms with van der Waals surface area (Å²) in [6.07, 6.45) is 0.749. The molecule has 0 spiro atoms. The van der Waals surface area contributed by atoms with Gasteiger partial charge in [0.2, 0.25) is 0 Å². The Kier molecular flexibility index (Phi) is 5.02. The molecule has 0 radical (unpaired) electrons. The second-order valence-electron chi connectivity index (χ2n) is 3.40. The molecular weight excluding hydrogens is 219 g/mol. The summed E-state index contributed by atoms with van der Waals surface area (Å²) in [5, 5.41) is 9.52. The van der Waals surface area contributed by atoms with Crippen LogP contribution in [0, 0.1) is 5.82 Å². The van der Waals surface area contributed by atoms with Crippen LogP contribution in [0.3, 0.4) is 0 Å². The van der Waals surface area contributed by atoms with Gasteiger partial charge in [-0.2, -0.15) is 0 Å². The van der Waals surface area contributed by atoms with Gasteiger partial charge in [-0.05, 0) is 30.5 Å². The highest BCUT2D eigenvalue weighted by molar-refractivity contribution is 6.30. The Hall–Kier alpha value is -0.640. The maximum atomic E-state index is 12.8. The van der Waals surface area contributed by atoms with E-state index in [9.17, 15) is 9.50 Å². The van der Waals surface area contributed by atoms with Crippen LogP contribution in [0.25, 0.3) is 0 Å². The molecule has 1 aromatic rings. The van der Waals surface area contributed by atoms with E-state index in [1.807, 2.05) is 0 Å². The van der Waals surface area contributed by atoms with Crippen LogP contribution in [0.5, 0.6) is 0 Å². The largest absolute Gasteiger partial charge is 0.391 e. The molecule has 0 saturated carbocycles. The van der Waals surface area contributed by atoms with Gasteiger partial charge in [0, 0.05) is 7.11 Å². The number of methoxy groups -OCH3 is 1. The van der Waals surface area contributed by atoms with Gasteiger partial charge in [0.15, 0.2) is 0 Å². The maximum Gasteiger partial charge on any atom is 0.141 e. The number of benzene rings is 1.